The Kier molecular flexibility index (Phi) is 4.36. The summed E-state index contributed by atoms with van der Waals surface area (Å²) in [4.78, 5) is 16.4. The molecule has 20 heavy (non-hydrogen) atoms. The average molecular weight is 276 g/mol. The number of methoxy groups -OCH3 is 1. The maximum Gasteiger partial charge on any atom is 0.245 e. The molecule has 0 aliphatic rings. The number of rotatable bonds is 5. The standard InChI is InChI=1S/C14H20N4O2/c1-4-18-12-6-5-9(2)7-11(12)16-14(18)17-13(19)10(15)8-20-3/h5-7,10H,4,8,15H2,1-3H3,(H,16,17,19). The SMILES string of the molecule is CCn1c(NC(=O)C(N)COC)nc2cc(C)ccc21. The molecular formula is C14H20N4O2. The van der Waals surface area contributed by atoms with Gasteiger partial charge in [-0.05, 0) is 31.5 Å². The van der Waals surface area contributed by atoms with Crippen molar-refractivity contribution < 1.29 is 9.53 Å². The van der Waals surface area contributed by atoms with Crippen LogP contribution in [0.15, 0.2) is 18.2 Å². The summed E-state index contributed by atoms with van der Waals surface area (Å²) in [6, 6.07) is 5.32. The number of anilines is 1. The van der Waals surface area contributed by atoms with Gasteiger partial charge in [-0.2, -0.15) is 0 Å². The summed E-state index contributed by atoms with van der Waals surface area (Å²) in [6.07, 6.45) is 0. The highest BCUT2D eigenvalue weighted by atomic mass is 16.5. The van der Waals surface area contributed by atoms with E-state index in [0.717, 1.165) is 16.6 Å². The van der Waals surface area contributed by atoms with E-state index in [9.17, 15) is 4.79 Å². The highest BCUT2D eigenvalue weighted by molar-refractivity contribution is 5.95. The highest BCUT2D eigenvalue weighted by Crippen LogP contribution is 2.20. The first-order valence-electron chi connectivity index (χ1n) is 6.59. The summed E-state index contributed by atoms with van der Waals surface area (Å²) in [7, 11) is 1.51. The van der Waals surface area contributed by atoms with Crippen molar-refractivity contribution in [2.75, 3.05) is 19.0 Å². The molecular weight excluding hydrogens is 256 g/mol. The van der Waals surface area contributed by atoms with E-state index in [4.69, 9.17) is 10.5 Å². The van der Waals surface area contributed by atoms with Crippen molar-refractivity contribution in [1.82, 2.24) is 9.55 Å². The van der Waals surface area contributed by atoms with Gasteiger partial charge in [0.2, 0.25) is 11.9 Å². The van der Waals surface area contributed by atoms with Crippen LogP contribution in [0.1, 0.15) is 12.5 Å². The summed E-state index contributed by atoms with van der Waals surface area (Å²) < 4.78 is 6.83. The van der Waals surface area contributed by atoms with Gasteiger partial charge in [-0.3, -0.25) is 10.1 Å². The van der Waals surface area contributed by atoms with E-state index in [2.05, 4.69) is 10.3 Å². The van der Waals surface area contributed by atoms with Gasteiger partial charge in [-0.15, -0.1) is 0 Å². The van der Waals surface area contributed by atoms with Crippen LogP contribution in [0.3, 0.4) is 0 Å². The van der Waals surface area contributed by atoms with Crippen LogP contribution < -0.4 is 11.1 Å². The van der Waals surface area contributed by atoms with Gasteiger partial charge in [0.05, 0.1) is 17.6 Å². The molecule has 2 aromatic rings. The minimum atomic E-state index is -0.702. The number of imidazole rings is 1. The second kappa shape index (κ2) is 6.02. The number of carbonyl (C=O) groups excluding carboxylic acids is 1. The van der Waals surface area contributed by atoms with Gasteiger partial charge in [0.15, 0.2) is 0 Å². The van der Waals surface area contributed by atoms with E-state index < -0.39 is 6.04 Å². The Morgan fingerprint density at radius 1 is 1.55 bits per heavy atom. The number of nitrogens with zero attached hydrogens (tertiary/aromatic N) is 2. The molecule has 0 fully saturated rings. The number of ether oxygens (including phenoxy) is 1. The Bertz CT molecular complexity index is 621. The number of amides is 1. The van der Waals surface area contributed by atoms with Crippen molar-refractivity contribution in [3.8, 4) is 0 Å². The zero-order valence-corrected chi connectivity index (χ0v) is 12.0. The predicted octanol–water partition coefficient (Wildman–Crippen LogP) is 1.28. The second-order valence-corrected chi connectivity index (χ2v) is 4.72. The number of hydrogen-bond acceptors (Lipinski definition) is 4. The number of nitrogens with one attached hydrogen (secondary N) is 1. The van der Waals surface area contributed by atoms with E-state index in [1.807, 2.05) is 36.6 Å². The van der Waals surface area contributed by atoms with Crippen molar-refractivity contribution in [2.24, 2.45) is 5.73 Å². The number of nitrogens with two attached hydrogens (primary N) is 1. The van der Waals surface area contributed by atoms with Crippen molar-refractivity contribution in [2.45, 2.75) is 26.4 Å². The van der Waals surface area contributed by atoms with Crippen LogP contribution in [0.4, 0.5) is 5.95 Å². The Balaban J connectivity index is 2.32. The lowest BCUT2D eigenvalue weighted by molar-refractivity contribution is -0.118. The molecule has 0 saturated heterocycles. The van der Waals surface area contributed by atoms with Crippen LogP contribution in [-0.2, 0) is 16.1 Å². The van der Waals surface area contributed by atoms with Crippen molar-refractivity contribution in [3.05, 3.63) is 23.8 Å². The molecule has 0 bridgehead atoms. The lowest BCUT2D eigenvalue weighted by Crippen LogP contribution is -2.39. The van der Waals surface area contributed by atoms with Crippen LogP contribution in [0.25, 0.3) is 11.0 Å². The first kappa shape index (κ1) is 14.5. The Morgan fingerprint density at radius 3 is 2.95 bits per heavy atom. The molecule has 1 amide bonds. The zero-order valence-electron chi connectivity index (χ0n) is 12.0. The summed E-state index contributed by atoms with van der Waals surface area (Å²) >= 11 is 0. The molecule has 1 unspecified atom stereocenters. The smallest absolute Gasteiger partial charge is 0.245 e. The van der Waals surface area contributed by atoms with Gasteiger partial charge in [-0.1, -0.05) is 6.07 Å². The first-order valence-corrected chi connectivity index (χ1v) is 6.59. The van der Waals surface area contributed by atoms with E-state index in [1.54, 1.807) is 0 Å². The van der Waals surface area contributed by atoms with Crippen molar-refractivity contribution >= 4 is 22.9 Å². The largest absolute Gasteiger partial charge is 0.383 e. The second-order valence-electron chi connectivity index (χ2n) is 4.72. The minimum absolute atomic E-state index is 0.178. The third kappa shape index (κ3) is 2.81. The Morgan fingerprint density at radius 2 is 2.30 bits per heavy atom. The zero-order chi connectivity index (χ0) is 14.7. The third-order valence-electron chi connectivity index (χ3n) is 3.14. The van der Waals surface area contributed by atoms with Crippen molar-refractivity contribution in [1.29, 1.82) is 0 Å². The lowest BCUT2D eigenvalue weighted by atomic mass is 10.2. The molecule has 1 aromatic heterocycles. The maximum absolute atomic E-state index is 11.9. The van der Waals surface area contributed by atoms with Crippen LogP contribution in [-0.4, -0.2) is 35.2 Å². The van der Waals surface area contributed by atoms with Gasteiger partial charge in [0, 0.05) is 13.7 Å². The van der Waals surface area contributed by atoms with Crippen molar-refractivity contribution in [3.63, 3.8) is 0 Å². The fourth-order valence-corrected chi connectivity index (χ4v) is 2.11. The molecule has 6 heteroatoms. The van der Waals surface area contributed by atoms with E-state index in [-0.39, 0.29) is 12.5 Å². The molecule has 1 atom stereocenters. The fourth-order valence-electron chi connectivity index (χ4n) is 2.11. The van der Waals surface area contributed by atoms with Crippen LogP contribution in [0.2, 0.25) is 0 Å². The van der Waals surface area contributed by atoms with Gasteiger partial charge in [0.25, 0.3) is 0 Å². The Labute approximate surface area is 117 Å². The molecule has 2 rings (SSSR count). The normalized spacial score (nSPS) is 12.6. The predicted molar refractivity (Wildman–Crippen MR) is 78.6 cm³/mol. The third-order valence-corrected chi connectivity index (χ3v) is 3.14. The quantitative estimate of drug-likeness (QED) is 0.861. The first-order chi connectivity index (χ1) is 9.56. The molecule has 1 heterocycles. The molecule has 6 nitrogen and oxygen atoms in total. The van der Waals surface area contributed by atoms with E-state index in [1.165, 1.54) is 7.11 Å². The molecule has 1 aromatic carbocycles. The number of benzene rings is 1. The van der Waals surface area contributed by atoms with Gasteiger partial charge in [-0.25, -0.2) is 4.98 Å². The highest BCUT2D eigenvalue weighted by Gasteiger charge is 2.17. The summed E-state index contributed by atoms with van der Waals surface area (Å²) in [5.74, 6) is 0.221. The fraction of sp³-hybridized carbons (Fsp3) is 0.429. The maximum atomic E-state index is 11.9. The summed E-state index contributed by atoms with van der Waals surface area (Å²) in [5.41, 5.74) is 8.70. The Hall–Kier alpha value is -1.92. The van der Waals surface area contributed by atoms with Crippen LogP contribution in [0, 0.1) is 6.92 Å². The molecule has 0 aliphatic carbocycles. The average Bonchev–Trinajstić information content (AvgIpc) is 2.74. The van der Waals surface area contributed by atoms with Crippen LogP contribution in [0.5, 0.6) is 0 Å². The summed E-state index contributed by atoms with van der Waals surface area (Å²) in [6.45, 7) is 4.91. The number of aryl methyl sites for hydroxylation is 2. The topological polar surface area (TPSA) is 82.2 Å². The molecule has 108 valence electrons. The molecule has 0 aliphatic heterocycles. The van der Waals surface area contributed by atoms with E-state index >= 15 is 0 Å². The molecule has 0 spiro atoms. The van der Waals surface area contributed by atoms with Gasteiger partial charge < -0.3 is 15.0 Å². The monoisotopic (exact) mass is 276 g/mol. The minimum Gasteiger partial charge on any atom is -0.383 e. The number of carbonyl (C=O) groups is 1. The lowest BCUT2D eigenvalue weighted by Gasteiger charge is -2.11. The number of hydrogen-bond donors (Lipinski definition) is 2. The number of fused-ring (bicyclic) bond motifs is 1. The number of aromatic nitrogens is 2. The van der Waals surface area contributed by atoms with Crippen LogP contribution >= 0.6 is 0 Å². The molecule has 0 saturated carbocycles. The summed E-state index contributed by atoms with van der Waals surface area (Å²) in [5, 5.41) is 2.76. The van der Waals surface area contributed by atoms with E-state index in [0.29, 0.717) is 12.5 Å². The van der Waals surface area contributed by atoms with Gasteiger partial charge in [0.1, 0.15) is 6.04 Å². The van der Waals surface area contributed by atoms with Gasteiger partial charge >= 0.3 is 0 Å². The molecule has 0 radical (unpaired) electrons. The molecule has 3 N–H and O–H groups in total.